The fourth-order valence-corrected chi connectivity index (χ4v) is 1.91. The summed E-state index contributed by atoms with van der Waals surface area (Å²) in [5, 5.41) is 0. The van der Waals surface area contributed by atoms with Crippen molar-refractivity contribution in [3.8, 4) is 5.75 Å². The molecule has 0 saturated heterocycles. The van der Waals surface area contributed by atoms with Crippen LogP contribution in [0.4, 0.5) is 0 Å². The number of carbonyl (C=O) groups is 1. The van der Waals surface area contributed by atoms with Gasteiger partial charge in [-0.05, 0) is 23.8 Å². The van der Waals surface area contributed by atoms with E-state index >= 15 is 0 Å². The van der Waals surface area contributed by atoms with E-state index in [1.165, 1.54) is 0 Å². The Kier molecular flexibility index (Phi) is 3.52. The van der Waals surface area contributed by atoms with Crippen LogP contribution in [0.5, 0.6) is 5.75 Å². The lowest BCUT2D eigenvalue weighted by Gasteiger charge is -2.25. The Hall–Kier alpha value is -1.58. The maximum Gasteiger partial charge on any atom is 0.257 e. The molecule has 0 radical (unpaired) electrons. The van der Waals surface area contributed by atoms with E-state index in [1.54, 1.807) is 31.4 Å². The quantitative estimate of drug-likeness (QED) is 0.841. The lowest BCUT2D eigenvalue weighted by atomic mass is 9.84. The monoisotopic (exact) mass is 262 g/mol. The second-order valence-corrected chi connectivity index (χ2v) is 6.33. The van der Waals surface area contributed by atoms with Crippen molar-refractivity contribution < 1.29 is 9.53 Å². The van der Waals surface area contributed by atoms with Crippen LogP contribution in [0.3, 0.4) is 0 Å². The van der Waals surface area contributed by atoms with Crippen molar-refractivity contribution in [1.82, 2.24) is 9.88 Å². The predicted octanol–water partition coefficient (Wildman–Crippen LogP) is 2.62. The molecule has 1 amide bonds. The molecule has 1 aromatic rings. The fraction of sp³-hybridized carbons (Fsp3) is 0.600. The van der Waals surface area contributed by atoms with E-state index in [-0.39, 0.29) is 17.4 Å². The average molecular weight is 262 g/mol. The average Bonchev–Trinajstić information content (AvgIpc) is 3.10. The summed E-state index contributed by atoms with van der Waals surface area (Å²) in [6, 6.07) is 0. The molecular weight excluding hydrogens is 240 g/mol. The third-order valence-electron chi connectivity index (χ3n) is 3.16. The third-order valence-corrected chi connectivity index (χ3v) is 3.16. The summed E-state index contributed by atoms with van der Waals surface area (Å²) in [5.41, 5.74) is 1.44. The molecule has 0 bridgehead atoms. The minimum absolute atomic E-state index is 0.0250. The highest BCUT2D eigenvalue weighted by Gasteiger charge is 2.30. The van der Waals surface area contributed by atoms with Crippen LogP contribution in [0.2, 0.25) is 0 Å². The van der Waals surface area contributed by atoms with Gasteiger partial charge >= 0.3 is 0 Å². The molecule has 0 spiro atoms. The van der Waals surface area contributed by atoms with Crippen LogP contribution >= 0.6 is 0 Å². The van der Waals surface area contributed by atoms with Crippen LogP contribution in [0.1, 0.15) is 49.5 Å². The van der Waals surface area contributed by atoms with Gasteiger partial charge in [-0.25, -0.2) is 0 Å². The predicted molar refractivity (Wildman–Crippen MR) is 74.6 cm³/mol. The molecule has 104 valence electrons. The zero-order chi connectivity index (χ0) is 14.2. The Morgan fingerprint density at radius 2 is 1.95 bits per heavy atom. The largest absolute Gasteiger partial charge is 0.488 e. The summed E-state index contributed by atoms with van der Waals surface area (Å²) in [4.78, 5) is 18.3. The lowest BCUT2D eigenvalue weighted by Crippen LogP contribution is -2.27. The molecule has 1 heterocycles. The number of aromatic nitrogens is 1. The Labute approximate surface area is 114 Å². The molecule has 0 unspecified atom stereocenters. The van der Waals surface area contributed by atoms with Gasteiger partial charge in [0, 0.05) is 20.3 Å². The van der Waals surface area contributed by atoms with Gasteiger partial charge in [-0.3, -0.25) is 9.78 Å². The van der Waals surface area contributed by atoms with Crippen LogP contribution in [-0.2, 0) is 5.41 Å². The number of pyridine rings is 1. The Morgan fingerprint density at radius 3 is 2.42 bits per heavy atom. The number of nitrogens with zero attached hydrogens (tertiary/aromatic N) is 2. The number of amides is 1. The number of rotatable bonds is 3. The van der Waals surface area contributed by atoms with Crippen molar-refractivity contribution in [1.29, 1.82) is 0 Å². The molecule has 1 aromatic heterocycles. The first-order chi connectivity index (χ1) is 8.80. The topological polar surface area (TPSA) is 42.4 Å². The van der Waals surface area contributed by atoms with E-state index in [2.05, 4.69) is 25.8 Å². The van der Waals surface area contributed by atoms with E-state index in [4.69, 9.17) is 4.74 Å². The Balaban J connectivity index is 2.50. The van der Waals surface area contributed by atoms with E-state index in [1.807, 2.05) is 0 Å². The lowest BCUT2D eigenvalue weighted by molar-refractivity contribution is 0.0820. The normalized spacial score (nSPS) is 15.2. The Morgan fingerprint density at radius 1 is 1.32 bits per heavy atom. The van der Waals surface area contributed by atoms with Gasteiger partial charge in [0.1, 0.15) is 0 Å². The number of hydrogen-bond donors (Lipinski definition) is 0. The zero-order valence-electron chi connectivity index (χ0n) is 12.4. The van der Waals surface area contributed by atoms with Crippen LogP contribution in [0.15, 0.2) is 12.4 Å². The summed E-state index contributed by atoms with van der Waals surface area (Å²) in [7, 11) is 3.52. The van der Waals surface area contributed by atoms with Gasteiger partial charge in [-0.1, -0.05) is 20.8 Å². The molecule has 1 aliphatic carbocycles. The van der Waals surface area contributed by atoms with Gasteiger partial charge in [0.15, 0.2) is 5.75 Å². The second kappa shape index (κ2) is 4.83. The van der Waals surface area contributed by atoms with Gasteiger partial charge in [-0.2, -0.15) is 0 Å². The van der Waals surface area contributed by atoms with Gasteiger partial charge in [0.05, 0.1) is 17.9 Å². The number of carbonyl (C=O) groups excluding carboxylic acids is 1. The van der Waals surface area contributed by atoms with Crippen LogP contribution in [0, 0.1) is 0 Å². The van der Waals surface area contributed by atoms with Gasteiger partial charge < -0.3 is 9.64 Å². The molecule has 1 aliphatic rings. The minimum Gasteiger partial charge on any atom is -0.488 e. The van der Waals surface area contributed by atoms with E-state index in [0.29, 0.717) is 11.3 Å². The van der Waals surface area contributed by atoms with Crippen molar-refractivity contribution in [2.75, 3.05) is 14.1 Å². The van der Waals surface area contributed by atoms with Crippen molar-refractivity contribution in [3.05, 3.63) is 23.5 Å². The van der Waals surface area contributed by atoms with Crippen molar-refractivity contribution in [2.24, 2.45) is 0 Å². The highest BCUT2D eigenvalue weighted by Crippen LogP contribution is 2.34. The molecule has 2 rings (SSSR count). The summed E-state index contributed by atoms with van der Waals surface area (Å²) in [6.07, 6.45) is 5.82. The molecule has 1 fully saturated rings. The molecule has 1 saturated carbocycles. The van der Waals surface area contributed by atoms with E-state index in [0.717, 1.165) is 18.4 Å². The maximum absolute atomic E-state index is 12.5. The zero-order valence-corrected chi connectivity index (χ0v) is 12.4. The van der Waals surface area contributed by atoms with Crippen molar-refractivity contribution >= 4 is 5.91 Å². The SMILES string of the molecule is CN(C)C(=O)c1c(OC2CC2)cncc1C(C)(C)C. The molecule has 0 atom stereocenters. The number of ether oxygens (including phenoxy) is 1. The minimum atomic E-state index is -0.142. The van der Waals surface area contributed by atoms with Crippen LogP contribution in [-0.4, -0.2) is 36.0 Å². The van der Waals surface area contributed by atoms with Crippen molar-refractivity contribution in [2.45, 2.75) is 45.1 Å². The maximum atomic E-state index is 12.5. The molecular formula is C15H22N2O2. The smallest absolute Gasteiger partial charge is 0.257 e. The molecule has 0 aliphatic heterocycles. The van der Waals surface area contributed by atoms with E-state index < -0.39 is 0 Å². The molecule has 0 N–H and O–H groups in total. The van der Waals surface area contributed by atoms with Crippen LogP contribution < -0.4 is 4.74 Å². The van der Waals surface area contributed by atoms with Gasteiger partial charge in [0.2, 0.25) is 0 Å². The molecule has 0 aromatic carbocycles. The summed E-state index contributed by atoms with van der Waals surface area (Å²) >= 11 is 0. The summed E-state index contributed by atoms with van der Waals surface area (Å²) < 4.78 is 5.85. The summed E-state index contributed by atoms with van der Waals surface area (Å²) in [5.74, 6) is 0.594. The summed E-state index contributed by atoms with van der Waals surface area (Å²) in [6.45, 7) is 6.24. The standard InChI is InChI=1S/C15H22N2O2/c1-15(2,3)11-8-16-9-12(19-10-6-7-10)13(11)14(18)17(4)5/h8-10H,6-7H2,1-5H3. The second-order valence-electron chi connectivity index (χ2n) is 6.33. The van der Waals surface area contributed by atoms with Gasteiger partial charge in [-0.15, -0.1) is 0 Å². The highest BCUT2D eigenvalue weighted by atomic mass is 16.5. The third kappa shape index (κ3) is 3.06. The molecule has 19 heavy (non-hydrogen) atoms. The van der Waals surface area contributed by atoms with Crippen LogP contribution in [0.25, 0.3) is 0 Å². The van der Waals surface area contributed by atoms with E-state index in [9.17, 15) is 4.79 Å². The number of hydrogen-bond acceptors (Lipinski definition) is 3. The Bertz CT molecular complexity index is 485. The first-order valence-electron chi connectivity index (χ1n) is 6.67. The first kappa shape index (κ1) is 13.8. The fourth-order valence-electron chi connectivity index (χ4n) is 1.91. The molecule has 4 nitrogen and oxygen atoms in total. The molecule has 4 heteroatoms. The van der Waals surface area contributed by atoms with Gasteiger partial charge in [0.25, 0.3) is 5.91 Å². The highest BCUT2D eigenvalue weighted by molar-refractivity contribution is 5.98. The first-order valence-corrected chi connectivity index (χ1v) is 6.67. The van der Waals surface area contributed by atoms with Crippen molar-refractivity contribution in [3.63, 3.8) is 0 Å².